The van der Waals surface area contributed by atoms with E-state index in [1.54, 1.807) is 23.1 Å². The van der Waals surface area contributed by atoms with Crippen molar-refractivity contribution < 1.29 is 24.3 Å². The summed E-state index contributed by atoms with van der Waals surface area (Å²) in [5, 5.41) is 15.7. The molecular formula is C38H41N3O5S. The number of carbonyl (C=O) groups is 4. The van der Waals surface area contributed by atoms with Crippen LogP contribution in [0.1, 0.15) is 97.7 Å². The minimum atomic E-state index is -0.937. The van der Waals surface area contributed by atoms with Gasteiger partial charge >= 0.3 is 5.97 Å². The molecule has 9 heteroatoms. The topological polar surface area (TPSA) is 116 Å². The molecule has 1 aliphatic rings. The van der Waals surface area contributed by atoms with Crippen molar-refractivity contribution in [3.8, 4) is 0 Å². The van der Waals surface area contributed by atoms with Crippen LogP contribution >= 0.6 is 11.3 Å². The number of rotatable bonds is 14. The largest absolute Gasteiger partial charge is 0.478 e. The maximum atomic E-state index is 13.8. The van der Waals surface area contributed by atoms with Gasteiger partial charge in [0, 0.05) is 28.7 Å². The van der Waals surface area contributed by atoms with Crippen LogP contribution in [-0.4, -0.2) is 40.2 Å². The van der Waals surface area contributed by atoms with E-state index < -0.39 is 5.97 Å². The number of amides is 3. The lowest BCUT2D eigenvalue weighted by atomic mass is 9.95. The van der Waals surface area contributed by atoms with Gasteiger partial charge in [0.2, 0.25) is 6.41 Å². The molecule has 0 saturated carbocycles. The average Bonchev–Trinajstić information content (AvgIpc) is 3.46. The Kier molecular flexibility index (Phi) is 11.2. The Morgan fingerprint density at radius 2 is 1.49 bits per heavy atom. The van der Waals surface area contributed by atoms with Crippen molar-refractivity contribution in [2.45, 2.75) is 77.8 Å². The maximum Gasteiger partial charge on any atom is 0.335 e. The van der Waals surface area contributed by atoms with Gasteiger partial charge in [-0.25, -0.2) is 4.79 Å². The Balaban J connectivity index is 1.27. The fourth-order valence-corrected chi connectivity index (χ4v) is 7.43. The molecule has 3 N–H and O–H groups in total. The summed E-state index contributed by atoms with van der Waals surface area (Å²) >= 11 is 1.48. The molecule has 4 aromatic rings. The van der Waals surface area contributed by atoms with Gasteiger partial charge in [0.1, 0.15) is 5.00 Å². The third-order valence-electron chi connectivity index (χ3n) is 8.84. The van der Waals surface area contributed by atoms with Crippen LogP contribution < -0.4 is 10.6 Å². The summed E-state index contributed by atoms with van der Waals surface area (Å²) in [5.41, 5.74) is 5.99. The molecule has 0 fully saturated rings. The van der Waals surface area contributed by atoms with Crippen LogP contribution in [0.25, 0.3) is 0 Å². The van der Waals surface area contributed by atoms with Crippen molar-refractivity contribution in [1.29, 1.82) is 0 Å². The summed E-state index contributed by atoms with van der Waals surface area (Å²) in [6.07, 6.45) is 7.88. The molecule has 1 heterocycles. The highest BCUT2D eigenvalue weighted by atomic mass is 32.1. The van der Waals surface area contributed by atoms with E-state index in [-0.39, 0.29) is 23.4 Å². The first-order valence-corrected chi connectivity index (χ1v) is 17.1. The Bertz CT molecular complexity index is 1730. The summed E-state index contributed by atoms with van der Waals surface area (Å²) in [6.45, 7) is 4.55. The standard InChI is InChI=1S/C38H41N3O5S/c1-3-31(4-2)41(24-42)23-27-8-7-9-29(22-27)35(43)40-37-34(32-10-5-6-11-33(32)47-37)36(44)39-30-20-16-26(17-21-30)13-12-25-14-18-28(19-15-25)38(45)46/h7-9,14-22,24,31H,3-6,10-13,23H2,1-2H3,(H,39,44)(H,40,43)(H,45,46). The molecule has 5 rings (SSSR count). The Morgan fingerprint density at radius 3 is 2.13 bits per heavy atom. The predicted molar refractivity (Wildman–Crippen MR) is 187 cm³/mol. The summed E-state index contributed by atoms with van der Waals surface area (Å²) < 4.78 is 0. The molecule has 8 nitrogen and oxygen atoms in total. The molecule has 0 unspecified atom stereocenters. The minimum absolute atomic E-state index is 0.143. The molecule has 0 saturated heterocycles. The molecule has 3 aromatic carbocycles. The number of hydrogen-bond donors (Lipinski definition) is 3. The number of carbonyl (C=O) groups excluding carboxylic acids is 3. The number of fused-ring (bicyclic) bond motifs is 1. The number of benzene rings is 3. The zero-order valence-corrected chi connectivity index (χ0v) is 27.7. The van der Waals surface area contributed by atoms with E-state index in [2.05, 4.69) is 24.5 Å². The van der Waals surface area contributed by atoms with Crippen molar-refractivity contribution in [1.82, 2.24) is 4.90 Å². The van der Waals surface area contributed by atoms with E-state index in [0.29, 0.717) is 28.4 Å². The minimum Gasteiger partial charge on any atom is -0.478 e. The van der Waals surface area contributed by atoms with Crippen LogP contribution in [0.15, 0.2) is 72.8 Å². The van der Waals surface area contributed by atoms with E-state index in [1.165, 1.54) is 11.3 Å². The molecule has 0 aliphatic heterocycles. The number of aromatic carboxylic acids is 1. The maximum absolute atomic E-state index is 13.8. The Hall–Kier alpha value is -4.76. The van der Waals surface area contributed by atoms with Gasteiger partial charge in [0.15, 0.2) is 0 Å². The average molecular weight is 652 g/mol. The van der Waals surface area contributed by atoms with Crippen molar-refractivity contribution in [2.24, 2.45) is 0 Å². The number of carboxylic acid groups (broad SMARTS) is 1. The quantitative estimate of drug-likeness (QED) is 0.121. The van der Waals surface area contributed by atoms with Crippen LogP contribution in [0, 0.1) is 0 Å². The third-order valence-corrected chi connectivity index (χ3v) is 10.0. The monoisotopic (exact) mass is 651 g/mol. The van der Waals surface area contributed by atoms with Gasteiger partial charge in [0.05, 0.1) is 11.1 Å². The zero-order valence-electron chi connectivity index (χ0n) is 26.9. The summed E-state index contributed by atoms with van der Waals surface area (Å²) in [5.74, 6) is -1.47. The van der Waals surface area contributed by atoms with Gasteiger partial charge < -0.3 is 20.6 Å². The molecule has 3 amide bonds. The van der Waals surface area contributed by atoms with Crippen molar-refractivity contribution >= 4 is 46.2 Å². The van der Waals surface area contributed by atoms with Crippen LogP contribution in [0.3, 0.4) is 0 Å². The van der Waals surface area contributed by atoms with Gasteiger partial charge in [-0.2, -0.15) is 0 Å². The number of nitrogens with zero attached hydrogens (tertiary/aromatic N) is 1. The predicted octanol–water partition coefficient (Wildman–Crippen LogP) is 7.76. The van der Waals surface area contributed by atoms with E-state index in [4.69, 9.17) is 5.11 Å². The first-order valence-electron chi connectivity index (χ1n) is 16.3. The summed E-state index contributed by atoms with van der Waals surface area (Å²) in [4.78, 5) is 53.1. The van der Waals surface area contributed by atoms with Crippen molar-refractivity contribution in [3.05, 3.63) is 117 Å². The Morgan fingerprint density at radius 1 is 0.830 bits per heavy atom. The first kappa shape index (κ1) is 33.6. The first-order chi connectivity index (χ1) is 22.8. The molecule has 0 bridgehead atoms. The molecule has 0 radical (unpaired) electrons. The van der Waals surface area contributed by atoms with Crippen LogP contribution in [0.4, 0.5) is 10.7 Å². The molecule has 47 heavy (non-hydrogen) atoms. The lowest BCUT2D eigenvalue weighted by Crippen LogP contribution is -2.32. The Labute approximate surface area is 279 Å². The van der Waals surface area contributed by atoms with Crippen LogP contribution in [0.5, 0.6) is 0 Å². The highest BCUT2D eigenvalue weighted by Gasteiger charge is 2.27. The van der Waals surface area contributed by atoms with Crippen molar-refractivity contribution in [2.75, 3.05) is 10.6 Å². The lowest BCUT2D eigenvalue weighted by molar-refractivity contribution is -0.121. The van der Waals surface area contributed by atoms with Gasteiger partial charge in [-0.1, -0.05) is 50.2 Å². The fraction of sp³-hybridized carbons (Fsp3) is 0.316. The second kappa shape index (κ2) is 15.7. The molecule has 244 valence electrons. The number of aryl methyl sites for hydroxylation is 3. The van der Waals surface area contributed by atoms with Crippen LogP contribution in [0.2, 0.25) is 0 Å². The van der Waals surface area contributed by atoms with E-state index >= 15 is 0 Å². The summed E-state index contributed by atoms with van der Waals surface area (Å²) in [6, 6.07) is 22.1. The van der Waals surface area contributed by atoms with Crippen molar-refractivity contribution in [3.63, 3.8) is 0 Å². The second-order valence-electron chi connectivity index (χ2n) is 12.0. The van der Waals surface area contributed by atoms with Crippen LogP contribution in [-0.2, 0) is 37.0 Å². The molecule has 0 spiro atoms. The SMILES string of the molecule is CCC(CC)N(C=O)Cc1cccc(C(=O)Nc2sc3c(c2C(=O)Nc2ccc(CCc4ccc(C(=O)O)cc4)cc2)CCCC3)c1. The third kappa shape index (κ3) is 8.34. The lowest BCUT2D eigenvalue weighted by Gasteiger charge is -2.26. The normalized spacial score (nSPS) is 12.3. The molecule has 0 atom stereocenters. The second-order valence-corrected chi connectivity index (χ2v) is 13.1. The number of thiophene rings is 1. The molecule has 1 aromatic heterocycles. The van der Waals surface area contributed by atoms with Gasteiger partial charge in [-0.15, -0.1) is 11.3 Å². The summed E-state index contributed by atoms with van der Waals surface area (Å²) in [7, 11) is 0. The van der Waals surface area contributed by atoms with E-state index in [9.17, 15) is 19.2 Å². The highest BCUT2D eigenvalue weighted by molar-refractivity contribution is 7.17. The fourth-order valence-electron chi connectivity index (χ4n) is 6.15. The smallest absolute Gasteiger partial charge is 0.335 e. The van der Waals surface area contributed by atoms with Gasteiger partial charge in [0.25, 0.3) is 11.8 Å². The van der Waals surface area contributed by atoms with E-state index in [0.717, 1.165) is 84.9 Å². The molecular weight excluding hydrogens is 611 g/mol. The number of nitrogens with one attached hydrogen (secondary N) is 2. The van der Waals surface area contributed by atoms with E-state index in [1.807, 2.05) is 54.6 Å². The number of hydrogen-bond acceptors (Lipinski definition) is 5. The highest BCUT2D eigenvalue weighted by Crippen LogP contribution is 2.39. The van der Waals surface area contributed by atoms with Gasteiger partial charge in [-0.3, -0.25) is 14.4 Å². The zero-order chi connectivity index (χ0) is 33.3. The number of anilines is 2. The molecule has 1 aliphatic carbocycles. The van der Waals surface area contributed by atoms with Gasteiger partial charge in [-0.05, 0) is 110 Å². The number of carboxylic acids is 1.